The normalized spacial score (nSPS) is 16.6. The summed E-state index contributed by atoms with van der Waals surface area (Å²) in [5, 5.41) is 14.6. The van der Waals surface area contributed by atoms with Crippen LogP contribution in [0.4, 0.5) is 5.69 Å². The number of H-pyrrole nitrogens is 1. The number of anilines is 1. The molecule has 0 atom stereocenters. The molecular formula is C35H48N4O5S. The lowest BCUT2D eigenvalue weighted by Gasteiger charge is -2.37. The highest BCUT2D eigenvalue weighted by atomic mass is 32.2. The van der Waals surface area contributed by atoms with Gasteiger partial charge in [-0.25, -0.2) is 0 Å². The van der Waals surface area contributed by atoms with Crippen molar-refractivity contribution in [2.24, 2.45) is 0 Å². The Bertz CT molecular complexity index is 1480. The fourth-order valence-electron chi connectivity index (χ4n) is 5.99. The Morgan fingerprint density at radius 2 is 1.78 bits per heavy atom. The van der Waals surface area contributed by atoms with Gasteiger partial charge in [-0.05, 0) is 80.1 Å². The molecule has 2 aromatic carbocycles. The Kier molecular flexibility index (Phi) is 12.7. The molecule has 0 spiro atoms. The molecule has 1 fully saturated rings. The van der Waals surface area contributed by atoms with E-state index in [-0.39, 0.29) is 24.1 Å². The number of pyridine rings is 1. The highest BCUT2D eigenvalue weighted by Gasteiger charge is 2.28. The maximum Gasteiger partial charge on any atom is 0.253 e. The van der Waals surface area contributed by atoms with Crippen LogP contribution in [0.2, 0.25) is 0 Å². The Morgan fingerprint density at radius 1 is 1.07 bits per heavy atom. The molecule has 0 unspecified atom stereocenters. The van der Waals surface area contributed by atoms with Crippen LogP contribution < -0.4 is 15.8 Å². The van der Waals surface area contributed by atoms with Gasteiger partial charge in [0.15, 0.2) is 0 Å². The summed E-state index contributed by atoms with van der Waals surface area (Å²) >= 11 is -0.771. The third kappa shape index (κ3) is 9.20. The van der Waals surface area contributed by atoms with Crippen molar-refractivity contribution >= 4 is 22.8 Å². The number of carbonyl (C=O) groups excluding carboxylic acids is 1. The number of nitrogens with zero attached hydrogens (tertiary/aromatic N) is 2. The van der Waals surface area contributed by atoms with Gasteiger partial charge >= 0.3 is 0 Å². The maximum atomic E-state index is 13.8. The van der Waals surface area contributed by atoms with E-state index >= 15 is 0 Å². The van der Waals surface area contributed by atoms with Gasteiger partial charge in [-0.3, -0.25) is 9.59 Å². The minimum absolute atomic E-state index is 0.126. The summed E-state index contributed by atoms with van der Waals surface area (Å²) in [5.41, 5.74) is 7.21. The van der Waals surface area contributed by atoms with Crippen molar-refractivity contribution in [2.45, 2.75) is 73.0 Å². The Labute approximate surface area is 270 Å². The van der Waals surface area contributed by atoms with Crippen LogP contribution in [0.25, 0.3) is 11.1 Å². The second kappa shape index (κ2) is 16.4. The summed E-state index contributed by atoms with van der Waals surface area (Å²) in [4.78, 5) is 31.6. The number of aromatic amines is 1. The first-order chi connectivity index (χ1) is 21.6. The van der Waals surface area contributed by atoms with Gasteiger partial charge in [0.1, 0.15) is 11.5 Å². The minimum atomic E-state index is -0.771. The third-order valence-electron chi connectivity index (χ3n) is 8.49. The molecule has 10 heteroatoms. The largest absolute Gasteiger partial charge is 0.616 e. The van der Waals surface area contributed by atoms with Gasteiger partial charge in [-0.15, -0.1) is 0 Å². The standard InChI is InChI=1S/C35H48N4O5S/c1-6-15-44-16-14-38(42)23-27-8-10-28(11-9-27)29-20-31(34(40)36-22-32-24(3)19-25(4)37-35(32)41)26(5)33(21-29)39(7-2)30-12-17-45(43)18-13-30/h8-11,19-21,30,42H,6-7,12-18,22-23H2,1-5H3,(H,36,40)(H,37,41). The van der Waals surface area contributed by atoms with E-state index in [0.717, 1.165) is 65.0 Å². The molecule has 3 aromatic rings. The van der Waals surface area contributed by atoms with Crippen molar-refractivity contribution in [1.82, 2.24) is 15.4 Å². The molecule has 45 heavy (non-hydrogen) atoms. The Hall–Kier alpha value is -3.15. The number of benzene rings is 2. The van der Waals surface area contributed by atoms with Crippen LogP contribution in [-0.2, 0) is 29.0 Å². The SMILES string of the molecule is CCCOCCN(O)Cc1ccc(-c2cc(C(=O)NCc3c(C)cc(C)[nH]c3=O)c(C)c(N(CC)C3CC[S+]([O-])CC3)c2)cc1. The van der Waals surface area contributed by atoms with Crippen molar-refractivity contribution in [3.63, 3.8) is 0 Å². The first-order valence-electron chi connectivity index (χ1n) is 16.0. The topological polar surface area (TPSA) is 121 Å². The second-order valence-electron chi connectivity index (χ2n) is 11.9. The van der Waals surface area contributed by atoms with Crippen molar-refractivity contribution in [3.05, 3.63) is 86.3 Å². The van der Waals surface area contributed by atoms with E-state index in [2.05, 4.69) is 35.1 Å². The lowest BCUT2D eigenvalue weighted by atomic mass is 9.95. The van der Waals surface area contributed by atoms with Gasteiger partial charge in [-0.1, -0.05) is 42.4 Å². The molecule has 1 aromatic heterocycles. The fourth-order valence-corrected chi connectivity index (χ4v) is 7.27. The smallest absolute Gasteiger partial charge is 0.253 e. The quantitative estimate of drug-likeness (QED) is 0.126. The van der Waals surface area contributed by atoms with Gasteiger partial charge in [0.25, 0.3) is 11.5 Å². The molecule has 0 saturated carbocycles. The molecule has 1 saturated heterocycles. The highest BCUT2D eigenvalue weighted by molar-refractivity contribution is 7.91. The lowest BCUT2D eigenvalue weighted by molar-refractivity contribution is -0.112. The van der Waals surface area contributed by atoms with Crippen LogP contribution in [0.15, 0.2) is 47.3 Å². The zero-order chi connectivity index (χ0) is 32.5. The molecule has 9 nitrogen and oxygen atoms in total. The summed E-state index contributed by atoms with van der Waals surface area (Å²) in [7, 11) is 0. The number of carbonyl (C=O) groups is 1. The van der Waals surface area contributed by atoms with Gasteiger partial charge in [-0.2, -0.15) is 5.06 Å². The number of ether oxygens (including phenoxy) is 1. The van der Waals surface area contributed by atoms with E-state index in [0.29, 0.717) is 48.9 Å². The molecule has 0 radical (unpaired) electrons. The fraction of sp³-hybridized carbons (Fsp3) is 0.486. The van der Waals surface area contributed by atoms with Gasteiger partial charge in [0, 0.05) is 74.2 Å². The van der Waals surface area contributed by atoms with Crippen LogP contribution in [0.1, 0.15) is 71.4 Å². The maximum absolute atomic E-state index is 13.8. The number of hydrogen-bond donors (Lipinski definition) is 3. The number of amides is 1. The molecular weight excluding hydrogens is 588 g/mol. The van der Waals surface area contributed by atoms with E-state index in [9.17, 15) is 19.3 Å². The molecule has 1 aliphatic heterocycles. The average Bonchev–Trinajstić information content (AvgIpc) is 3.01. The summed E-state index contributed by atoms with van der Waals surface area (Å²) < 4.78 is 17.6. The number of rotatable bonds is 14. The minimum Gasteiger partial charge on any atom is -0.616 e. The van der Waals surface area contributed by atoms with E-state index < -0.39 is 11.2 Å². The number of hydroxylamine groups is 2. The van der Waals surface area contributed by atoms with Crippen LogP contribution in [0.3, 0.4) is 0 Å². The van der Waals surface area contributed by atoms with Gasteiger partial charge in [0.05, 0.1) is 6.61 Å². The van der Waals surface area contributed by atoms with Crippen molar-refractivity contribution < 1.29 is 19.3 Å². The molecule has 1 amide bonds. The Balaban J connectivity index is 1.63. The second-order valence-corrected chi connectivity index (χ2v) is 13.6. The Morgan fingerprint density at radius 3 is 2.42 bits per heavy atom. The number of hydrogen-bond acceptors (Lipinski definition) is 7. The summed E-state index contributed by atoms with van der Waals surface area (Å²) in [6.07, 6.45) is 2.63. The lowest BCUT2D eigenvalue weighted by Crippen LogP contribution is -2.42. The molecule has 244 valence electrons. The van der Waals surface area contributed by atoms with Crippen LogP contribution in [0, 0.1) is 20.8 Å². The summed E-state index contributed by atoms with van der Waals surface area (Å²) in [6.45, 7) is 12.7. The monoisotopic (exact) mass is 636 g/mol. The summed E-state index contributed by atoms with van der Waals surface area (Å²) in [6, 6.07) is 14.2. The average molecular weight is 637 g/mol. The number of aryl methyl sites for hydroxylation is 2. The zero-order valence-corrected chi connectivity index (χ0v) is 28.1. The number of aromatic nitrogens is 1. The zero-order valence-electron chi connectivity index (χ0n) is 27.3. The van der Waals surface area contributed by atoms with E-state index in [1.165, 1.54) is 5.06 Å². The first-order valence-corrected chi connectivity index (χ1v) is 17.4. The molecule has 2 heterocycles. The molecule has 0 aliphatic carbocycles. The summed E-state index contributed by atoms with van der Waals surface area (Å²) in [5.74, 6) is 1.13. The van der Waals surface area contributed by atoms with Crippen molar-refractivity contribution in [3.8, 4) is 11.1 Å². The molecule has 3 N–H and O–H groups in total. The van der Waals surface area contributed by atoms with E-state index in [1.807, 2.05) is 57.2 Å². The van der Waals surface area contributed by atoms with Crippen molar-refractivity contribution in [1.29, 1.82) is 0 Å². The molecule has 4 rings (SSSR count). The highest BCUT2D eigenvalue weighted by Crippen LogP contribution is 2.34. The van der Waals surface area contributed by atoms with Gasteiger partial charge in [0.2, 0.25) is 0 Å². The van der Waals surface area contributed by atoms with Gasteiger partial charge < -0.3 is 29.7 Å². The van der Waals surface area contributed by atoms with Crippen molar-refractivity contribution in [2.75, 3.05) is 42.7 Å². The van der Waals surface area contributed by atoms with Crippen LogP contribution >= 0.6 is 0 Å². The predicted molar refractivity (Wildman–Crippen MR) is 182 cm³/mol. The molecule has 1 aliphatic rings. The first kappa shape index (κ1) is 34.7. The van der Waals surface area contributed by atoms with E-state index in [4.69, 9.17) is 4.74 Å². The predicted octanol–water partition coefficient (Wildman–Crippen LogP) is 5.25. The number of nitrogens with one attached hydrogen (secondary N) is 2. The van der Waals surface area contributed by atoms with Crippen LogP contribution in [-0.4, -0.2) is 69.6 Å². The molecule has 0 bridgehead atoms. The van der Waals surface area contributed by atoms with E-state index in [1.54, 1.807) is 0 Å². The third-order valence-corrected chi connectivity index (χ3v) is 9.87. The van der Waals surface area contributed by atoms with Crippen LogP contribution in [0.5, 0.6) is 0 Å².